The Morgan fingerprint density at radius 3 is 2.76 bits per heavy atom. The van der Waals surface area contributed by atoms with Gasteiger partial charge in [0.05, 0.1) is 11.6 Å². The van der Waals surface area contributed by atoms with Crippen LogP contribution in [0, 0.1) is 6.92 Å². The van der Waals surface area contributed by atoms with E-state index in [1.807, 2.05) is 4.90 Å². The third kappa shape index (κ3) is 4.11. The Bertz CT molecular complexity index is 742. The number of carbonyl (C=O) groups excluding carboxylic acids is 1. The van der Waals surface area contributed by atoms with Crippen LogP contribution in [0.3, 0.4) is 0 Å². The summed E-state index contributed by atoms with van der Waals surface area (Å²) in [6.07, 6.45) is 1.57. The number of piperazine rings is 1. The summed E-state index contributed by atoms with van der Waals surface area (Å²) in [6.45, 7) is 4.29. The van der Waals surface area contributed by atoms with Crippen LogP contribution in [-0.2, 0) is 14.8 Å². The number of nitrogens with zero attached hydrogens (tertiary/aromatic N) is 2. The van der Waals surface area contributed by atoms with E-state index in [0.29, 0.717) is 26.2 Å². The number of sulfonamides is 1. The second-order valence-electron chi connectivity index (χ2n) is 6.31. The first-order valence-corrected chi connectivity index (χ1v) is 9.98. The molecule has 2 heterocycles. The largest absolute Gasteiger partial charge is 0.336 e. The van der Waals surface area contributed by atoms with Gasteiger partial charge in [0.2, 0.25) is 15.9 Å². The first-order valence-electron chi connectivity index (χ1n) is 8.16. The Morgan fingerprint density at radius 2 is 2.04 bits per heavy atom. The summed E-state index contributed by atoms with van der Waals surface area (Å²) in [6, 6.07) is 4.98. The molecule has 2 aliphatic rings. The highest BCUT2D eigenvalue weighted by atomic mass is 35.5. The van der Waals surface area contributed by atoms with Gasteiger partial charge in [-0.05, 0) is 31.4 Å². The summed E-state index contributed by atoms with van der Waals surface area (Å²) in [7, 11) is -3.66. The standard InChI is InChI=1S/C16H22ClN3O3S.ClH/c1-12-4-2-6-14(16(12)17)24(22,23)19-8-3-5-13(11-19)20-9-7-18-10-15(20)21;/h2,4,6,13,18H,3,5,7-11H2,1H3;1H. The van der Waals surface area contributed by atoms with Gasteiger partial charge >= 0.3 is 0 Å². The molecule has 9 heteroatoms. The van der Waals surface area contributed by atoms with Crippen molar-refractivity contribution in [2.75, 3.05) is 32.7 Å². The summed E-state index contributed by atoms with van der Waals surface area (Å²) in [5.74, 6) is 0.0408. The van der Waals surface area contributed by atoms with Gasteiger partial charge in [0, 0.05) is 32.2 Å². The molecule has 2 saturated heterocycles. The quantitative estimate of drug-likeness (QED) is 0.826. The van der Waals surface area contributed by atoms with E-state index >= 15 is 0 Å². The summed E-state index contributed by atoms with van der Waals surface area (Å²) >= 11 is 6.23. The van der Waals surface area contributed by atoms with Crippen molar-refractivity contribution in [3.8, 4) is 0 Å². The van der Waals surface area contributed by atoms with Gasteiger partial charge < -0.3 is 10.2 Å². The summed E-state index contributed by atoms with van der Waals surface area (Å²) in [4.78, 5) is 14.1. The zero-order valence-electron chi connectivity index (χ0n) is 14.1. The number of hydrogen-bond acceptors (Lipinski definition) is 4. The van der Waals surface area contributed by atoms with Gasteiger partial charge in [-0.3, -0.25) is 4.79 Å². The second kappa shape index (κ2) is 8.22. The Labute approximate surface area is 160 Å². The third-order valence-corrected chi connectivity index (χ3v) is 7.22. The number of benzene rings is 1. The highest BCUT2D eigenvalue weighted by molar-refractivity contribution is 7.89. The van der Waals surface area contributed by atoms with Crippen LogP contribution in [0.5, 0.6) is 0 Å². The number of rotatable bonds is 3. The van der Waals surface area contributed by atoms with Gasteiger partial charge in [-0.1, -0.05) is 23.7 Å². The summed E-state index contributed by atoms with van der Waals surface area (Å²) < 4.78 is 27.5. The van der Waals surface area contributed by atoms with Crippen LogP contribution in [0.25, 0.3) is 0 Å². The monoisotopic (exact) mass is 407 g/mol. The minimum absolute atomic E-state index is 0. The first-order chi connectivity index (χ1) is 11.4. The van der Waals surface area contributed by atoms with Gasteiger partial charge in [0.25, 0.3) is 0 Å². The highest BCUT2D eigenvalue weighted by Crippen LogP contribution is 2.30. The van der Waals surface area contributed by atoms with Crippen LogP contribution in [-0.4, -0.2) is 62.3 Å². The van der Waals surface area contributed by atoms with E-state index in [2.05, 4.69) is 5.32 Å². The van der Waals surface area contributed by atoms with Gasteiger partial charge in [-0.2, -0.15) is 4.31 Å². The molecule has 3 rings (SSSR count). The van der Waals surface area contributed by atoms with Crippen molar-refractivity contribution in [1.82, 2.24) is 14.5 Å². The lowest BCUT2D eigenvalue weighted by molar-refractivity contribution is -0.135. The number of aryl methyl sites for hydroxylation is 1. The van der Waals surface area contributed by atoms with Crippen molar-refractivity contribution in [3.63, 3.8) is 0 Å². The van der Waals surface area contributed by atoms with Gasteiger partial charge in [0.1, 0.15) is 4.90 Å². The van der Waals surface area contributed by atoms with Crippen molar-refractivity contribution in [3.05, 3.63) is 28.8 Å². The van der Waals surface area contributed by atoms with E-state index in [-0.39, 0.29) is 34.3 Å². The number of piperidine rings is 1. The van der Waals surface area contributed by atoms with Gasteiger partial charge in [-0.25, -0.2) is 8.42 Å². The van der Waals surface area contributed by atoms with Crippen LogP contribution < -0.4 is 5.32 Å². The molecule has 1 unspecified atom stereocenters. The normalized spacial score (nSPS) is 22.6. The average Bonchev–Trinajstić information content (AvgIpc) is 2.58. The number of amides is 1. The Hall–Kier alpha value is -0.860. The summed E-state index contributed by atoms with van der Waals surface area (Å²) in [5.41, 5.74) is 0.739. The zero-order valence-corrected chi connectivity index (χ0v) is 16.5. The SMILES string of the molecule is Cc1cccc(S(=O)(=O)N2CCCC(N3CCNCC3=O)C2)c1Cl.Cl. The first kappa shape index (κ1) is 20.5. The Kier molecular flexibility index (Phi) is 6.73. The molecular formula is C16H23Cl2N3O3S. The lowest BCUT2D eigenvalue weighted by Crippen LogP contribution is -2.57. The molecule has 2 aliphatic heterocycles. The van der Waals surface area contributed by atoms with Crippen molar-refractivity contribution in [1.29, 1.82) is 0 Å². The lowest BCUT2D eigenvalue weighted by atomic mass is 10.1. The number of halogens is 2. The van der Waals surface area contributed by atoms with Gasteiger partial charge in [-0.15, -0.1) is 12.4 Å². The Balaban J connectivity index is 0.00000225. The fourth-order valence-corrected chi connectivity index (χ4v) is 5.43. The van der Waals surface area contributed by atoms with Crippen molar-refractivity contribution < 1.29 is 13.2 Å². The van der Waals surface area contributed by atoms with Crippen molar-refractivity contribution in [2.45, 2.75) is 30.7 Å². The molecule has 1 aromatic rings. The molecule has 0 saturated carbocycles. The van der Waals surface area contributed by atoms with Crippen LogP contribution >= 0.6 is 24.0 Å². The molecule has 2 fully saturated rings. The number of carbonyl (C=O) groups is 1. The maximum atomic E-state index is 13.0. The van der Waals surface area contributed by atoms with Crippen LogP contribution in [0.1, 0.15) is 18.4 Å². The van der Waals surface area contributed by atoms with Crippen molar-refractivity contribution in [2.24, 2.45) is 0 Å². The van der Waals surface area contributed by atoms with Crippen LogP contribution in [0.15, 0.2) is 23.1 Å². The molecular weight excluding hydrogens is 385 g/mol. The fourth-order valence-electron chi connectivity index (χ4n) is 3.36. The van der Waals surface area contributed by atoms with E-state index in [1.165, 1.54) is 4.31 Å². The minimum Gasteiger partial charge on any atom is -0.336 e. The fraction of sp³-hybridized carbons (Fsp3) is 0.562. The molecule has 0 bridgehead atoms. The molecule has 0 spiro atoms. The predicted octanol–water partition coefficient (Wildman–Crippen LogP) is 1.66. The molecule has 0 aromatic heterocycles. The molecule has 0 radical (unpaired) electrons. The molecule has 1 aromatic carbocycles. The van der Waals surface area contributed by atoms with Gasteiger partial charge in [0.15, 0.2) is 0 Å². The van der Waals surface area contributed by atoms with Crippen LogP contribution in [0.2, 0.25) is 5.02 Å². The lowest BCUT2D eigenvalue weighted by Gasteiger charge is -2.40. The predicted molar refractivity (Wildman–Crippen MR) is 99.8 cm³/mol. The Morgan fingerprint density at radius 1 is 1.28 bits per heavy atom. The number of nitrogens with one attached hydrogen (secondary N) is 1. The molecule has 0 aliphatic carbocycles. The van der Waals surface area contributed by atoms with E-state index in [9.17, 15) is 13.2 Å². The topological polar surface area (TPSA) is 69.7 Å². The second-order valence-corrected chi connectivity index (χ2v) is 8.59. The average molecular weight is 408 g/mol. The highest BCUT2D eigenvalue weighted by Gasteiger charge is 2.36. The van der Waals surface area contributed by atoms with Crippen molar-refractivity contribution >= 4 is 39.9 Å². The molecule has 25 heavy (non-hydrogen) atoms. The smallest absolute Gasteiger partial charge is 0.244 e. The maximum absolute atomic E-state index is 13.0. The van der Waals surface area contributed by atoms with E-state index in [0.717, 1.165) is 24.9 Å². The maximum Gasteiger partial charge on any atom is 0.244 e. The molecule has 6 nitrogen and oxygen atoms in total. The van der Waals surface area contributed by atoms with E-state index < -0.39 is 10.0 Å². The number of hydrogen-bond donors (Lipinski definition) is 1. The summed E-state index contributed by atoms with van der Waals surface area (Å²) in [5, 5.41) is 3.32. The molecule has 1 atom stereocenters. The molecule has 1 N–H and O–H groups in total. The van der Waals surface area contributed by atoms with E-state index in [4.69, 9.17) is 11.6 Å². The molecule has 1 amide bonds. The van der Waals surface area contributed by atoms with Crippen LogP contribution in [0.4, 0.5) is 0 Å². The minimum atomic E-state index is -3.66. The zero-order chi connectivity index (χ0) is 17.3. The third-order valence-electron chi connectivity index (χ3n) is 4.70. The van der Waals surface area contributed by atoms with E-state index in [1.54, 1.807) is 25.1 Å². The molecule has 140 valence electrons.